The van der Waals surface area contributed by atoms with Crippen molar-refractivity contribution in [2.45, 2.75) is 32.2 Å². The van der Waals surface area contributed by atoms with E-state index in [0.717, 1.165) is 25.3 Å². The van der Waals surface area contributed by atoms with E-state index in [4.69, 9.17) is 0 Å². The second-order valence-corrected chi connectivity index (χ2v) is 9.15. The lowest BCUT2D eigenvalue weighted by atomic mass is 10.0. The molecule has 132 valence electrons. The molecule has 1 aromatic heterocycles. The van der Waals surface area contributed by atoms with Crippen LogP contribution in [0.5, 0.6) is 0 Å². The van der Waals surface area contributed by atoms with Crippen LogP contribution < -0.4 is 4.90 Å². The lowest BCUT2D eigenvalue weighted by molar-refractivity contribution is 0.0741. The summed E-state index contributed by atoms with van der Waals surface area (Å²) in [6, 6.07) is -0.271. The van der Waals surface area contributed by atoms with Crippen molar-refractivity contribution in [2.75, 3.05) is 36.5 Å². The van der Waals surface area contributed by atoms with Crippen LogP contribution in [0, 0.1) is 5.92 Å². The van der Waals surface area contributed by atoms with Gasteiger partial charge in [-0.2, -0.15) is 0 Å². The first-order valence-electron chi connectivity index (χ1n) is 8.40. The summed E-state index contributed by atoms with van der Waals surface area (Å²) < 4.78 is 23.2. The largest absolute Gasteiger partial charge is 0.355 e. The van der Waals surface area contributed by atoms with Gasteiger partial charge in [0, 0.05) is 26.2 Å². The van der Waals surface area contributed by atoms with Crippen LogP contribution in [0.3, 0.4) is 0 Å². The fraction of sp³-hybridized carbons (Fsp3) is 0.688. The number of carbonyl (C=O) groups is 1. The monoisotopic (exact) mass is 352 g/mol. The zero-order chi connectivity index (χ0) is 17.3. The van der Waals surface area contributed by atoms with Gasteiger partial charge >= 0.3 is 0 Å². The van der Waals surface area contributed by atoms with Crippen molar-refractivity contribution in [1.29, 1.82) is 0 Å². The van der Waals surface area contributed by atoms with Crippen LogP contribution in [0.25, 0.3) is 0 Å². The third-order valence-corrected chi connectivity index (χ3v) is 6.67. The first-order valence-corrected chi connectivity index (χ1v) is 10.2. The Morgan fingerprint density at radius 2 is 2.08 bits per heavy atom. The third kappa shape index (κ3) is 3.68. The maximum Gasteiger partial charge on any atom is 0.274 e. The van der Waals surface area contributed by atoms with Gasteiger partial charge in [0.1, 0.15) is 11.5 Å². The van der Waals surface area contributed by atoms with Gasteiger partial charge in [-0.3, -0.25) is 4.79 Å². The van der Waals surface area contributed by atoms with E-state index in [1.54, 1.807) is 13.2 Å². The molecule has 0 N–H and O–H groups in total. The van der Waals surface area contributed by atoms with E-state index in [2.05, 4.69) is 21.8 Å². The Bertz CT molecular complexity index is 705. The van der Waals surface area contributed by atoms with Gasteiger partial charge in [0.2, 0.25) is 0 Å². The number of nitrogens with zero attached hydrogens (tertiary/aromatic N) is 4. The van der Waals surface area contributed by atoms with Crippen molar-refractivity contribution >= 4 is 21.6 Å². The summed E-state index contributed by atoms with van der Waals surface area (Å²) in [5.74, 6) is 1.34. The average Bonchev–Trinajstić information content (AvgIpc) is 2.93. The number of rotatable bonds is 3. The third-order valence-electron chi connectivity index (χ3n) is 4.91. The van der Waals surface area contributed by atoms with Crippen LogP contribution in [0.1, 0.15) is 36.7 Å². The predicted molar refractivity (Wildman–Crippen MR) is 91.8 cm³/mol. The minimum absolute atomic E-state index is 0.0341. The maximum atomic E-state index is 12.5. The molecule has 2 unspecified atom stereocenters. The highest BCUT2D eigenvalue weighted by Gasteiger charge is 2.33. The molecule has 1 amide bonds. The quantitative estimate of drug-likeness (QED) is 0.806. The highest BCUT2D eigenvalue weighted by molar-refractivity contribution is 7.91. The van der Waals surface area contributed by atoms with E-state index in [1.165, 1.54) is 17.5 Å². The number of piperidine rings is 1. The molecule has 2 saturated heterocycles. The topological polar surface area (TPSA) is 83.5 Å². The number of anilines is 1. The predicted octanol–water partition coefficient (Wildman–Crippen LogP) is 0.972. The highest BCUT2D eigenvalue weighted by atomic mass is 32.2. The second-order valence-electron chi connectivity index (χ2n) is 6.93. The fourth-order valence-corrected chi connectivity index (χ4v) is 5.19. The van der Waals surface area contributed by atoms with Crippen molar-refractivity contribution in [3.05, 3.63) is 18.1 Å². The zero-order valence-electron chi connectivity index (χ0n) is 14.2. The molecule has 3 rings (SSSR count). The molecular weight excluding hydrogens is 328 g/mol. The minimum atomic E-state index is -3.02. The Morgan fingerprint density at radius 3 is 2.67 bits per heavy atom. The second kappa shape index (κ2) is 6.66. The summed E-state index contributed by atoms with van der Waals surface area (Å²) in [5, 5.41) is 0. The van der Waals surface area contributed by atoms with Crippen molar-refractivity contribution in [2.24, 2.45) is 5.92 Å². The van der Waals surface area contributed by atoms with E-state index < -0.39 is 9.84 Å². The summed E-state index contributed by atoms with van der Waals surface area (Å²) in [5.41, 5.74) is 0.260. The van der Waals surface area contributed by atoms with Gasteiger partial charge in [0.25, 0.3) is 5.91 Å². The molecule has 0 saturated carbocycles. The molecule has 7 nitrogen and oxygen atoms in total. The Balaban J connectivity index is 1.67. The highest BCUT2D eigenvalue weighted by Crippen LogP contribution is 2.21. The number of sulfone groups is 1. The number of aromatic nitrogens is 2. The summed E-state index contributed by atoms with van der Waals surface area (Å²) in [6.07, 6.45) is 6.00. The summed E-state index contributed by atoms with van der Waals surface area (Å²) in [6.45, 7) is 4.15. The molecule has 8 heteroatoms. The minimum Gasteiger partial charge on any atom is -0.355 e. The van der Waals surface area contributed by atoms with Crippen molar-refractivity contribution in [3.8, 4) is 0 Å². The Hall–Kier alpha value is -1.70. The first kappa shape index (κ1) is 17.1. The van der Waals surface area contributed by atoms with Gasteiger partial charge in [-0.15, -0.1) is 0 Å². The Morgan fingerprint density at radius 1 is 1.29 bits per heavy atom. The number of hydrogen-bond acceptors (Lipinski definition) is 6. The van der Waals surface area contributed by atoms with Crippen LogP contribution in [0.2, 0.25) is 0 Å². The van der Waals surface area contributed by atoms with E-state index in [0.29, 0.717) is 12.3 Å². The van der Waals surface area contributed by atoms with Gasteiger partial charge < -0.3 is 9.80 Å². The van der Waals surface area contributed by atoms with Gasteiger partial charge in [-0.05, 0) is 25.2 Å². The average molecular weight is 352 g/mol. The van der Waals surface area contributed by atoms with E-state index in [-0.39, 0.29) is 29.1 Å². The summed E-state index contributed by atoms with van der Waals surface area (Å²) in [7, 11) is -1.38. The summed E-state index contributed by atoms with van der Waals surface area (Å²) >= 11 is 0. The molecular formula is C16H24N4O3S. The molecule has 0 spiro atoms. The molecule has 0 radical (unpaired) electrons. The molecule has 2 atom stereocenters. The van der Waals surface area contributed by atoms with E-state index in [1.807, 2.05) is 0 Å². The molecule has 3 heterocycles. The molecule has 0 bridgehead atoms. The van der Waals surface area contributed by atoms with Gasteiger partial charge in [0.05, 0.1) is 23.9 Å². The molecule has 1 aromatic rings. The lowest BCUT2D eigenvalue weighted by Crippen LogP contribution is -2.38. The normalized spacial score (nSPS) is 26.3. The molecule has 2 aliphatic heterocycles. The lowest BCUT2D eigenvalue weighted by Gasteiger charge is -2.31. The molecule has 24 heavy (non-hydrogen) atoms. The molecule has 0 aliphatic carbocycles. The van der Waals surface area contributed by atoms with Crippen LogP contribution in [-0.4, -0.2) is 66.9 Å². The van der Waals surface area contributed by atoms with Crippen molar-refractivity contribution in [3.63, 3.8) is 0 Å². The first-order chi connectivity index (χ1) is 11.4. The van der Waals surface area contributed by atoms with Crippen LogP contribution in [0.4, 0.5) is 5.82 Å². The number of carbonyl (C=O) groups excluding carboxylic acids is 1. The SMILES string of the molecule is CC1CCCN(c2cnc(C(=O)N(C)C3CCS(=O)(=O)C3)cn2)C1. The summed E-state index contributed by atoms with van der Waals surface area (Å²) in [4.78, 5) is 24.8. The van der Waals surface area contributed by atoms with Gasteiger partial charge in [0.15, 0.2) is 9.84 Å². The molecule has 2 fully saturated rings. The number of amides is 1. The van der Waals surface area contributed by atoms with Gasteiger partial charge in [-0.25, -0.2) is 18.4 Å². The maximum absolute atomic E-state index is 12.5. The Labute approximate surface area is 143 Å². The molecule has 2 aliphatic rings. The Kier molecular flexibility index (Phi) is 4.76. The van der Waals surface area contributed by atoms with E-state index in [9.17, 15) is 13.2 Å². The van der Waals surface area contributed by atoms with Crippen molar-refractivity contribution in [1.82, 2.24) is 14.9 Å². The van der Waals surface area contributed by atoms with Crippen LogP contribution >= 0.6 is 0 Å². The molecule has 0 aromatic carbocycles. The van der Waals surface area contributed by atoms with Crippen LogP contribution in [0.15, 0.2) is 12.4 Å². The van der Waals surface area contributed by atoms with E-state index >= 15 is 0 Å². The fourth-order valence-electron chi connectivity index (χ4n) is 3.42. The van der Waals surface area contributed by atoms with Gasteiger partial charge in [-0.1, -0.05) is 6.92 Å². The number of hydrogen-bond donors (Lipinski definition) is 0. The zero-order valence-corrected chi connectivity index (χ0v) is 15.0. The van der Waals surface area contributed by atoms with Crippen LogP contribution in [-0.2, 0) is 9.84 Å². The van der Waals surface area contributed by atoms with Crippen molar-refractivity contribution < 1.29 is 13.2 Å². The standard InChI is InChI=1S/C16H24N4O3S/c1-12-4-3-6-20(10-12)15-9-17-14(8-18-15)16(21)19(2)13-5-7-24(22,23)11-13/h8-9,12-13H,3-7,10-11H2,1-2H3. The smallest absolute Gasteiger partial charge is 0.274 e.